The van der Waals surface area contributed by atoms with Gasteiger partial charge in [0.1, 0.15) is 11.2 Å². The first-order valence-corrected chi connectivity index (χ1v) is 19.0. The Kier molecular flexibility index (Phi) is 7.67. The number of rotatable bonds is 7. The second kappa shape index (κ2) is 12.9. The third-order valence-electron chi connectivity index (χ3n) is 11.4. The van der Waals surface area contributed by atoms with E-state index in [-0.39, 0.29) is 5.41 Å². The normalized spacial score (nSPS) is 13.5. The van der Waals surface area contributed by atoms with E-state index in [4.69, 9.17) is 4.42 Å². The summed E-state index contributed by atoms with van der Waals surface area (Å²) in [5, 5.41) is 6.98. The number of para-hydroxylation sites is 1. The molecule has 0 bridgehead atoms. The van der Waals surface area contributed by atoms with Gasteiger partial charge in [0.25, 0.3) is 0 Å². The van der Waals surface area contributed by atoms with Gasteiger partial charge in [0, 0.05) is 33.3 Å². The summed E-state index contributed by atoms with van der Waals surface area (Å²) in [6.07, 6.45) is 8.45. The lowest BCUT2D eigenvalue weighted by Gasteiger charge is -2.31. The third-order valence-corrected chi connectivity index (χ3v) is 11.4. The van der Waals surface area contributed by atoms with E-state index >= 15 is 0 Å². The summed E-state index contributed by atoms with van der Waals surface area (Å²) < 4.78 is 6.53. The topological polar surface area (TPSA) is 16.4 Å². The average Bonchev–Trinajstić information content (AvgIpc) is 3.72. The zero-order valence-electron chi connectivity index (χ0n) is 31.0. The van der Waals surface area contributed by atoms with Crippen LogP contribution in [0.5, 0.6) is 0 Å². The molecule has 0 aliphatic heterocycles. The van der Waals surface area contributed by atoms with Crippen LogP contribution in [0, 0.1) is 0 Å². The number of nitrogens with zero attached hydrogens (tertiary/aromatic N) is 1. The van der Waals surface area contributed by atoms with E-state index in [1.807, 2.05) is 6.08 Å². The molecule has 1 aliphatic rings. The van der Waals surface area contributed by atoms with Gasteiger partial charge in [-0.3, -0.25) is 0 Å². The van der Waals surface area contributed by atoms with Crippen molar-refractivity contribution >= 4 is 60.4 Å². The zero-order chi connectivity index (χ0) is 37.1. The van der Waals surface area contributed by atoms with Crippen molar-refractivity contribution in [1.29, 1.82) is 0 Å². The van der Waals surface area contributed by atoms with Gasteiger partial charge in [0.15, 0.2) is 0 Å². The van der Waals surface area contributed by atoms with Gasteiger partial charge in [0.2, 0.25) is 0 Å². The molecule has 1 aliphatic carbocycles. The number of fused-ring (bicyclic) bond motifs is 9. The highest BCUT2D eigenvalue weighted by atomic mass is 16.3. The maximum absolute atomic E-state index is 6.53. The Bertz CT molecular complexity index is 3040. The first-order valence-electron chi connectivity index (χ1n) is 19.0. The van der Waals surface area contributed by atoms with Crippen molar-refractivity contribution in [1.82, 2.24) is 0 Å². The largest absolute Gasteiger partial charge is 0.455 e. The van der Waals surface area contributed by atoms with Gasteiger partial charge in [-0.2, -0.15) is 0 Å². The molecular weight excluding hydrogens is 667 g/mol. The lowest BCUT2D eigenvalue weighted by molar-refractivity contribution is 0.660. The van der Waals surface area contributed by atoms with Crippen molar-refractivity contribution < 1.29 is 4.42 Å². The molecule has 2 heteroatoms. The zero-order valence-corrected chi connectivity index (χ0v) is 31.0. The number of furan rings is 1. The maximum atomic E-state index is 6.53. The first kappa shape index (κ1) is 32.7. The van der Waals surface area contributed by atoms with Gasteiger partial charge < -0.3 is 9.32 Å². The van der Waals surface area contributed by atoms with Crippen LogP contribution in [0.2, 0.25) is 0 Å². The smallest absolute Gasteiger partial charge is 0.143 e. The monoisotopic (exact) mass is 705 g/mol. The van der Waals surface area contributed by atoms with E-state index < -0.39 is 0 Å². The molecule has 0 atom stereocenters. The number of anilines is 2. The lowest BCUT2D eigenvalue weighted by atomic mass is 9.81. The molecule has 0 saturated carbocycles. The van der Waals surface area contributed by atoms with Crippen molar-refractivity contribution in [3.05, 3.63) is 211 Å². The van der Waals surface area contributed by atoms with Crippen molar-refractivity contribution in [3.8, 4) is 22.3 Å². The van der Waals surface area contributed by atoms with E-state index in [9.17, 15) is 0 Å². The molecule has 9 aromatic rings. The molecule has 0 spiro atoms. The Morgan fingerprint density at radius 2 is 1.29 bits per heavy atom. The van der Waals surface area contributed by atoms with Crippen molar-refractivity contribution in [2.24, 2.45) is 0 Å². The first-order chi connectivity index (χ1) is 27.0. The van der Waals surface area contributed by atoms with Crippen molar-refractivity contribution in [2.75, 3.05) is 4.90 Å². The fourth-order valence-electron chi connectivity index (χ4n) is 8.81. The van der Waals surface area contributed by atoms with Gasteiger partial charge in [-0.15, -0.1) is 0 Å². The van der Waals surface area contributed by atoms with Crippen LogP contribution in [-0.2, 0) is 5.41 Å². The van der Waals surface area contributed by atoms with Crippen LogP contribution in [0.25, 0.3) is 71.3 Å². The Hall–Kier alpha value is -6.90. The summed E-state index contributed by atoms with van der Waals surface area (Å²) in [5.74, 6) is 0. The molecule has 262 valence electrons. The summed E-state index contributed by atoms with van der Waals surface area (Å²) >= 11 is 0. The Labute approximate surface area is 321 Å². The third kappa shape index (κ3) is 5.33. The highest BCUT2D eigenvalue weighted by Crippen LogP contribution is 2.53. The molecule has 2 nitrogen and oxygen atoms in total. The van der Waals surface area contributed by atoms with Crippen LogP contribution < -0.4 is 4.90 Å². The Morgan fingerprint density at radius 1 is 0.582 bits per heavy atom. The van der Waals surface area contributed by atoms with Crippen LogP contribution in [0.1, 0.15) is 30.5 Å². The number of allylic oxidation sites excluding steroid dienone is 4. The van der Waals surface area contributed by atoms with Crippen molar-refractivity contribution in [2.45, 2.75) is 19.3 Å². The van der Waals surface area contributed by atoms with Crippen molar-refractivity contribution in [3.63, 3.8) is 0 Å². The predicted molar refractivity (Wildman–Crippen MR) is 234 cm³/mol. The second-order valence-electron chi connectivity index (χ2n) is 15.0. The van der Waals surface area contributed by atoms with E-state index in [1.165, 1.54) is 38.4 Å². The fourth-order valence-corrected chi connectivity index (χ4v) is 8.81. The lowest BCUT2D eigenvalue weighted by Crippen LogP contribution is -2.20. The van der Waals surface area contributed by atoms with Gasteiger partial charge in [-0.25, -0.2) is 0 Å². The van der Waals surface area contributed by atoms with Crippen LogP contribution in [0.15, 0.2) is 199 Å². The van der Waals surface area contributed by atoms with Crippen LogP contribution in [0.3, 0.4) is 0 Å². The molecule has 0 N–H and O–H groups in total. The van der Waals surface area contributed by atoms with Gasteiger partial charge in [-0.05, 0) is 97.6 Å². The Balaban J connectivity index is 1.17. The van der Waals surface area contributed by atoms with Crippen LogP contribution >= 0.6 is 0 Å². The maximum Gasteiger partial charge on any atom is 0.143 e. The summed E-state index contributed by atoms with van der Waals surface area (Å²) in [7, 11) is 0. The van der Waals surface area contributed by atoms with E-state index in [0.717, 1.165) is 61.0 Å². The van der Waals surface area contributed by atoms with Gasteiger partial charge in [-0.1, -0.05) is 160 Å². The van der Waals surface area contributed by atoms with E-state index in [2.05, 4.69) is 207 Å². The minimum absolute atomic E-state index is 0.209. The van der Waals surface area contributed by atoms with Crippen LogP contribution in [0.4, 0.5) is 11.4 Å². The highest BCUT2D eigenvalue weighted by Gasteiger charge is 2.38. The molecule has 8 aromatic carbocycles. The second-order valence-corrected chi connectivity index (χ2v) is 15.0. The molecule has 55 heavy (non-hydrogen) atoms. The summed E-state index contributed by atoms with van der Waals surface area (Å²) in [6.45, 7) is 8.81. The SMILES string of the molecule is C=C/C=C(\C=C\N(c1ccccc1-c1ccc2oc3c4ccccc4ccc3c2c1)c1cccc2c1C(C)(C)c1ccccc1-2)c1ccc2ccccc2c1. The molecule has 0 amide bonds. The molecule has 0 radical (unpaired) electrons. The molecular formula is C53H39NO. The standard InChI is InChI=1S/C53H39NO/c1-4-14-35(39-26-25-36-15-5-6-17-38(36)33-39)31-32-54(49-24-13-21-44-43-20-9-11-22-47(43)53(2,3)51(44)49)48-23-12-10-18-41(48)40-28-30-50-46(34-40)45-29-27-37-16-7-8-19-42(37)52(45)55-50/h4-34H,1H2,2-3H3/b32-31+,35-14+. The number of hydrogen-bond acceptors (Lipinski definition) is 2. The molecule has 1 aromatic heterocycles. The molecule has 0 unspecified atom stereocenters. The van der Waals surface area contributed by atoms with E-state index in [0.29, 0.717) is 0 Å². The minimum Gasteiger partial charge on any atom is -0.455 e. The molecule has 10 rings (SSSR count). The number of benzene rings is 8. The molecule has 1 heterocycles. The minimum atomic E-state index is -0.209. The predicted octanol–water partition coefficient (Wildman–Crippen LogP) is 14.8. The van der Waals surface area contributed by atoms with Gasteiger partial charge in [0.05, 0.1) is 11.4 Å². The van der Waals surface area contributed by atoms with Gasteiger partial charge >= 0.3 is 0 Å². The summed E-state index contributed by atoms with van der Waals surface area (Å²) in [6, 6.07) is 59.0. The average molecular weight is 706 g/mol. The number of hydrogen-bond donors (Lipinski definition) is 0. The van der Waals surface area contributed by atoms with E-state index in [1.54, 1.807) is 0 Å². The highest BCUT2D eigenvalue weighted by molar-refractivity contribution is 6.15. The fraction of sp³-hybridized carbons (Fsp3) is 0.0566. The van der Waals surface area contributed by atoms with Crippen LogP contribution in [-0.4, -0.2) is 0 Å². The molecule has 0 saturated heterocycles. The Morgan fingerprint density at radius 3 is 2.16 bits per heavy atom. The summed E-state index contributed by atoms with van der Waals surface area (Å²) in [4.78, 5) is 2.39. The summed E-state index contributed by atoms with van der Waals surface area (Å²) in [5.41, 5.74) is 13.6. The molecule has 0 fully saturated rings. The quantitative estimate of drug-likeness (QED) is 0.154.